The van der Waals surface area contributed by atoms with Gasteiger partial charge in [-0.2, -0.15) is 13.2 Å². The molecule has 5 nitrogen and oxygen atoms in total. The molecule has 0 amide bonds. The van der Waals surface area contributed by atoms with Crippen molar-refractivity contribution in [1.82, 2.24) is 9.78 Å². The van der Waals surface area contributed by atoms with E-state index in [1.165, 1.54) is 6.07 Å². The van der Waals surface area contributed by atoms with Gasteiger partial charge in [0.25, 0.3) is 0 Å². The Morgan fingerprint density at radius 2 is 1.88 bits per heavy atom. The molecule has 1 N–H and O–H groups in total. The molecule has 0 aliphatic carbocycles. The number of hydrogen-bond acceptors (Lipinski definition) is 4. The number of H-pyrrole nitrogens is 1. The van der Waals surface area contributed by atoms with Crippen molar-refractivity contribution in [3.63, 3.8) is 0 Å². The molecule has 1 aromatic heterocycles. The number of ether oxygens (including phenoxy) is 1. The highest BCUT2D eigenvalue weighted by Gasteiger charge is 2.46. The Kier molecular flexibility index (Phi) is 6.28. The molecule has 2 aromatic carbocycles. The second kappa shape index (κ2) is 8.73. The molecule has 0 saturated carbocycles. The van der Waals surface area contributed by atoms with Crippen LogP contribution in [0.2, 0.25) is 0 Å². The minimum absolute atomic E-state index is 0.0903. The van der Waals surface area contributed by atoms with Gasteiger partial charge in [0, 0.05) is 6.61 Å². The number of aromatic amines is 1. The zero-order chi connectivity index (χ0) is 23.9. The number of aromatic nitrogens is 2. The first kappa shape index (κ1) is 23.7. The number of rotatable bonds is 5. The molecule has 0 spiro atoms. The van der Waals surface area contributed by atoms with E-state index >= 15 is 0 Å². The topological polar surface area (TPSA) is 64.1 Å². The first-order valence-corrected chi connectivity index (χ1v) is 12.3. The number of sulfone groups is 1. The molecular weight excluding hydrogens is 473 g/mol. The Labute approximate surface area is 195 Å². The summed E-state index contributed by atoms with van der Waals surface area (Å²) < 4.78 is 73.4. The second-order valence-corrected chi connectivity index (χ2v) is 11.3. The molecule has 0 radical (unpaired) electrons. The summed E-state index contributed by atoms with van der Waals surface area (Å²) in [7, 11) is -4.08. The van der Waals surface area contributed by atoms with Crippen LogP contribution in [0.4, 0.5) is 13.2 Å². The largest absolute Gasteiger partial charge is 0.416 e. The van der Waals surface area contributed by atoms with Crippen molar-refractivity contribution in [3.8, 4) is 0 Å². The summed E-state index contributed by atoms with van der Waals surface area (Å²) in [4.78, 5) is -0.337. The molecule has 0 bridgehead atoms. The maximum absolute atomic E-state index is 13.5. The van der Waals surface area contributed by atoms with Crippen molar-refractivity contribution in [3.05, 3.63) is 82.1 Å². The normalized spacial score (nSPS) is 21.8. The third kappa shape index (κ3) is 4.78. The van der Waals surface area contributed by atoms with E-state index in [0.717, 1.165) is 17.7 Å². The van der Waals surface area contributed by atoms with Crippen LogP contribution in [0.15, 0.2) is 65.6 Å². The summed E-state index contributed by atoms with van der Waals surface area (Å²) in [5, 5.41) is 3.09. The lowest BCUT2D eigenvalue weighted by atomic mass is 9.95. The van der Waals surface area contributed by atoms with E-state index in [9.17, 15) is 21.6 Å². The van der Waals surface area contributed by atoms with Crippen LogP contribution < -0.4 is 0 Å². The highest BCUT2D eigenvalue weighted by Crippen LogP contribution is 2.43. The standard InChI is InChI=1S/C23H23F3N2O3S2/c1-22(33(29,30)18-9-5-8-17(12-18)23(24,25)26)10-11-31-20(14-22)19-13-21(32)27-28(19)15-16-6-3-2-4-7-16/h2-9,12-13,20H,10-11,14-15H2,1H3,(H,27,32)/t20-,22+/m1/s1. The fraction of sp³-hybridized carbons (Fsp3) is 0.348. The predicted molar refractivity (Wildman–Crippen MR) is 120 cm³/mol. The summed E-state index contributed by atoms with van der Waals surface area (Å²) in [6.45, 7) is 2.22. The maximum Gasteiger partial charge on any atom is 0.416 e. The van der Waals surface area contributed by atoms with Crippen LogP contribution in [0.25, 0.3) is 0 Å². The molecule has 1 aliphatic heterocycles. The Bertz CT molecular complexity index is 1300. The third-order valence-electron chi connectivity index (χ3n) is 6.04. The monoisotopic (exact) mass is 496 g/mol. The van der Waals surface area contributed by atoms with Gasteiger partial charge in [0.1, 0.15) is 10.7 Å². The Balaban J connectivity index is 1.66. The second-order valence-electron chi connectivity index (χ2n) is 8.41. The van der Waals surface area contributed by atoms with Crippen molar-refractivity contribution in [2.75, 3.05) is 6.61 Å². The van der Waals surface area contributed by atoms with Gasteiger partial charge >= 0.3 is 6.18 Å². The van der Waals surface area contributed by atoms with Gasteiger partial charge in [-0.3, -0.25) is 9.78 Å². The lowest BCUT2D eigenvalue weighted by molar-refractivity contribution is -0.137. The van der Waals surface area contributed by atoms with Gasteiger partial charge in [-0.1, -0.05) is 48.6 Å². The van der Waals surface area contributed by atoms with Crippen molar-refractivity contribution < 1.29 is 26.3 Å². The Morgan fingerprint density at radius 3 is 2.58 bits per heavy atom. The molecule has 1 aliphatic rings. The van der Waals surface area contributed by atoms with Crippen LogP contribution >= 0.6 is 12.2 Å². The predicted octanol–water partition coefficient (Wildman–Crippen LogP) is 5.70. The molecule has 1 saturated heterocycles. The van der Waals surface area contributed by atoms with Gasteiger partial charge in [-0.05, 0) is 49.6 Å². The average Bonchev–Trinajstić information content (AvgIpc) is 3.14. The molecular formula is C23H23F3N2O3S2. The molecule has 33 heavy (non-hydrogen) atoms. The molecule has 2 heterocycles. The summed E-state index contributed by atoms with van der Waals surface area (Å²) in [6, 6.07) is 15.3. The Morgan fingerprint density at radius 1 is 1.15 bits per heavy atom. The van der Waals surface area contributed by atoms with Gasteiger partial charge in [0.2, 0.25) is 0 Å². The van der Waals surface area contributed by atoms with Gasteiger partial charge in [-0.25, -0.2) is 8.42 Å². The molecule has 176 valence electrons. The molecule has 1 fully saturated rings. The highest BCUT2D eigenvalue weighted by atomic mass is 32.2. The van der Waals surface area contributed by atoms with E-state index in [1.54, 1.807) is 13.0 Å². The van der Waals surface area contributed by atoms with Crippen LogP contribution in [-0.4, -0.2) is 29.6 Å². The highest BCUT2D eigenvalue weighted by molar-refractivity contribution is 7.92. The third-order valence-corrected chi connectivity index (χ3v) is 8.79. The molecule has 3 aromatic rings. The molecule has 0 unspecified atom stereocenters. The fourth-order valence-corrected chi connectivity index (χ4v) is 6.20. The van der Waals surface area contributed by atoms with Crippen molar-refractivity contribution >= 4 is 22.1 Å². The molecule has 2 atom stereocenters. The fourth-order valence-electron chi connectivity index (χ4n) is 4.13. The van der Waals surface area contributed by atoms with Gasteiger partial charge < -0.3 is 4.74 Å². The zero-order valence-corrected chi connectivity index (χ0v) is 19.4. The van der Waals surface area contributed by atoms with E-state index in [2.05, 4.69) is 5.10 Å². The van der Waals surface area contributed by atoms with E-state index in [1.807, 2.05) is 35.0 Å². The van der Waals surface area contributed by atoms with E-state index in [0.29, 0.717) is 22.9 Å². The van der Waals surface area contributed by atoms with Crippen LogP contribution in [-0.2, 0) is 27.3 Å². The number of halogens is 3. The summed E-state index contributed by atoms with van der Waals surface area (Å²) in [5.74, 6) is 0. The van der Waals surface area contributed by atoms with Crippen LogP contribution in [0.5, 0.6) is 0 Å². The quantitative estimate of drug-likeness (QED) is 0.461. The zero-order valence-electron chi connectivity index (χ0n) is 17.8. The van der Waals surface area contributed by atoms with Crippen molar-refractivity contribution in [2.45, 2.75) is 48.2 Å². The van der Waals surface area contributed by atoms with Gasteiger partial charge in [0.15, 0.2) is 9.84 Å². The minimum atomic E-state index is -4.63. The number of benzene rings is 2. The van der Waals surface area contributed by atoms with Crippen LogP contribution in [0.3, 0.4) is 0 Å². The summed E-state index contributed by atoms with van der Waals surface area (Å²) >= 11 is 5.31. The first-order valence-electron chi connectivity index (χ1n) is 10.4. The number of nitrogens with zero attached hydrogens (tertiary/aromatic N) is 1. The molecule has 10 heteroatoms. The Hall–Kier alpha value is -2.43. The van der Waals surface area contributed by atoms with Crippen molar-refractivity contribution in [2.24, 2.45) is 0 Å². The SMILES string of the molecule is C[C@]1(S(=O)(=O)c2cccc(C(F)(F)F)c2)CCO[C@@H](c2cc(=S)[nH]n2Cc2ccccc2)C1. The van der Waals surface area contributed by atoms with Crippen molar-refractivity contribution in [1.29, 1.82) is 0 Å². The smallest absolute Gasteiger partial charge is 0.372 e. The maximum atomic E-state index is 13.5. The number of nitrogens with one attached hydrogen (secondary N) is 1. The molecule has 4 rings (SSSR count). The van der Waals surface area contributed by atoms with Crippen LogP contribution in [0.1, 0.15) is 42.7 Å². The van der Waals surface area contributed by atoms with Crippen LogP contribution in [0, 0.1) is 4.64 Å². The summed E-state index contributed by atoms with van der Waals surface area (Å²) in [6.07, 6.45) is -4.95. The average molecular weight is 497 g/mol. The van der Waals surface area contributed by atoms with E-state index in [4.69, 9.17) is 17.0 Å². The van der Waals surface area contributed by atoms with E-state index in [-0.39, 0.29) is 24.3 Å². The lowest BCUT2D eigenvalue weighted by Gasteiger charge is -2.38. The van der Waals surface area contributed by atoms with Gasteiger partial charge in [-0.15, -0.1) is 0 Å². The summed E-state index contributed by atoms with van der Waals surface area (Å²) in [5.41, 5.74) is 0.739. The minimum Gasteiger partial charge on any atom is -0.372 e. The lowest BCUT2D eigenvalue weighted by Crippen LogP contribution is -2.42. The number of alkyl halides is 3. The van der Waals surface area contributed by atoms with E-state index < -0.39 is 32.4 Å². The first-order chi connectivity index (χ1) is 15.5. The van der Waals surface area contributed by atoms with Gasteiger partial charge in [0.05, 0.1) is 27.4 Å². The number of hydrogen-bond donors (Lipinski definition) is 1.